The number of aliphatic imine (C=N–C) groups is 1. The van der Waals surface area contributed by atoms with Crippen molar-refractivity contribution in [3.63, 3.8) is 0 Å². The van der Waals surface area contributed by atoms with Crippen LogP contribution in [-0.4, -0.2) is 11.6 Å². The summed E-state index contributed by atoms with van der Waals surface area (Å²) in [5.74, 6) is 0. The van der Waals surface area contributed by atoms with Gasteiger partial charge >= 0.3 is 0 Å². The first-order chi connectivity index (χ1) is 6.93. The van der Waals surface area contributed by atoms with Gasteiger partial charge in [0, 0.05) is 22.7 Å². The highest BCUT2D eigenvalue weighted by molar-refractivity contribution is 8.02. The largest absolute Gasteiger partial charge is 0.255 e. The molecule has 0 aliphatic carbocycles. The molecular formula is C10H6N2S2. The molecule has 0 saturated heterocycles. The summed E-state index contributed by atoms with van der Waals surface area (Å²) in [7, 11) is 1.71. The number of fused-ring (bicyclic) bond motifs is 2. The van der Waals surface area contributed by atoms with Gasteiger partial charge in [0.05, 0.1) is 15.6 Å². The highest BCUT2D eigenvalue weighted by atomic mass is 32.2. The fourth-order valence-electron chi connectivity index (χ4n) is 1.36. The van der Waals surface area contributed by atoms with E-state index in [1.54, 1.807) is 22.7 Å². The van der Waals surface area contributed by atoms with Crippen LogP contribution in [0.2, 0.25) is 0 Å². The van der Waals surface area contributed by atoms with Crippen molar-refractivity contribution in [3.05, 3.63) is 33.6 Å². The summed E-state index contributed by atoms with van der Waals surface area (Å²) < 4.78 is 1.21. The molecule has 0 radical (unpaired) electrons. The zero-order valence-corrected chi connectivity index (χ0v) is 8.81. The smallest absolute Gasteiger partial charge is 0.0824 e. The Kier molecular flexibility index (Phi) is 1.89. The quantitative estimate of drug-likeness (QED) is 0.614. The van der Waals surface area contributed by atoms with Crippen molar-refractivity contribution >= 4 is 40.0 Å². The molecule has 68 valence electrons. The Bertz CT molecular complexity index is 608. The molecule has 1 aromatic carbocycles. The van der Waals surface area contributed by atoms with Gasteiger partial charge in [-0.1, -0.05) is 11.8 Å². The minimum atomic E-state index is 1.02. The highest BCUT2D eigenvalue weighted by Crippen LogP contribution is 2.23. The summed E-state index contributed by atoms with van der Waals surface area (Å²) in [6.45, 7) is 0. The molecule has 3 rings (SSSR count). The van der Waals surface area contributed by atoms with E-state index in [2.05, 4.69) is 16.1 Å². The summed E-state index contributed by atoms with van der Waals surface area (Å²) in [4.78, 5) is 9.83. The first-order valence-electron chi connectivity index (χ1n) is 4.16. The number of hydrogen-bond acceptors (Lipinski definition) is 3. The monoisotopic (exact) mass is 218 g/mol. The third kappa shape index (κ3) is 1.27. The molecule has 0 aromatic heterocycles. The number of hydrogen-bond donors (Lipinski definition) is 0. The maximum atomic E-state index is 4.31. The predicted molar refractivity (Wildman–Crippen MR) is 63.2 cm³/mol. The molecule has 4 heteroatoms. The van der Waals surface area contributed by atoms with Crippen LogP contribution >= 0.6 is 22.7 Å². The number of thioether (sulfide) groups is 1. The Morgan fingerprint density at radius 1 is 1.21 bits per heavy atom. The molecule has 2 aliphatic rings. The third-order valence-electron chi connectivity index (χ3n) is 1.98. The maximum absolute atomic E-state index is 4.31. The summed E-state index contributed by atoms with van der Waals surface area (Å²) in [5, 5.41) is 5.01. The fourth-order valence-corrected chi connectivity index (χ4v) is 2.81. The predicted octanol–water partition coefficient (Wildman–Crippen LogP) is 2.39. The van der Waals surface area contributed by atoms with Gasteiger partial charge in [-0.3, -0.25) is 9.98 Å². The van der Waals surface area contributed by atoms with Gasteiger partial charge in [0.2, 0.25) is 0 Å². The first-order valence-corrected chi connectivity index (χ1v) is 5.92. The minimum Gasteiger partial charge on any atom is -0.255 e. The van der Waals surface area contributed by atoms with Crippen molar-refractivity contribution in [2.24, 2.45) is 9.98 Å². The molecule has 0 saturated carbocycles. The second kappa shape index (κ2) is 3.22. The lowest BCUT2D eigenvalue weighted by Gasteiger charge is -2.03. The maximum Gasteiger partial charge on any atom is 0.0824 e. The van der Waals surface area contributed by atoms with Gasteiger partial charge in [-0.15, -0.1) is 10.9 Å². The molecule has 0 amide bonds. The number of benzene rings is 1. The van der Waals surface area contributed by atoms with Crippen LogP contribution in [0.3, 0.4) is 0 Å². The lowest BCUT2D eigenvalue weighted by molar-refractivity contribution is 1.21. The van der Waals surface area contributed by atoms with E-state index in [1.165, 1.54) is 9.41 Å². The summed E-state index contributed by atoms with van der Waals surface area (Å²) in [6, 6.07) is 4.19. The van der Waals surface area contributed by atoms with Crippen molar-refractivity contribution in [2.45, 2.75) is 4.90 Å². The van der Waals surface area contributed by atoms with Crippen LogP contribution < -0.4 is 5.36 Å². The topological polar surface area (TPSA) is 24.7 Å². The molecule has 0 unspecified atom stereocenters. The molecule has 2 nitrogen and oxygen atoms in total. The summed E-state index contributed by atoms with van der Waals surface area (Å²) in [6.07, 6.45) is 3.65. The van der Waals surface area contributed by atoms with Gasteiger partial charge in [0.25, 0.3) is 0 Å². The molecule has 0 bridgehead atoms. The summed E-state index contributed by atoms with van der Waals surface area (Å²) in [5.41, 5.74) is 1.02. The van der Waals surface area contributed by atoms with E-state index in [9.17, 15) is 0 Å². The highest BCUT2D eigenvalue weighted by Gasteiger charge is 2.03. The molecule has 14 heavy (non-hydrogen) atoms. The summed E-state index contributed by atoms with van der Waals surface area (Å²) >= 11 is 1.71. The van der Waals surface area contributed by atoms with Crippen LogP contribution in [0.15, 0.2) is 38.6 Å². The van der Waals surface area contributed by atoms with Crippen LogP contribution in [0, 0.1) is 4.51 Å². The van der Waals surface area contributed by atoms with Crippen LogP contribution in [0.5, 0.6) is 0 Å². The van der Waals surface area contributed by atoms with E-state index in [0.29, 0.717) is 0 Å². The molecule has 0 fully saturated rings. The molecule has 1 aromatic rings. The van der Waals surface area contributed by atoms with Gasteiger partial charge in [-0.05, 0) is 17.5 Å². The Balaban J connectivity index is 2.44. The Morgan fingerprint density at radius 2 is 2.21 bits per heavy atom. The van der Waals surface area contributed by atoms with Crippen LogP contribution in [0.25, 0.3) is 0 Å². The molecule has 0 spiro atoms. The zero-order valence-electron chi connectivity index (χ0n) is 7.18. The zero-order chi connectivity index (χ0) is 9.38. The van der Waals surface area contributed by atoms with E-state index < -0.39 is 0 Å². The van der Waals surface area contributed by atoms with Gasteiger partial charge in [0.15, 0.2) is 0 Å². The first kappa shape index (κ1) is 8.20. The van der Waals surface area contributed by atoms with Crippen molar-refractivity contribution in [2.75, 3.05) is 0 Å². The number of rotatable bonds is 0. The van der Waals surface area contributed by atoms with Crippen LogP contribution in [0.1, 0.15) is 0 Å². The molecule has 0 N–H and O–H groups in total. The van der Waals surface area contributed by atoms with Crippen LogP contribution in [-0.2, 0) is 0 Å². The lowest BCUT2D eigenvalue weighted by atomic mass is 10.3. The molecule has 0 atom stereocenters. The Morgan fingerprint density at radius 3 is 3.21 bits per heavy atom. The van der Waals surface area contributed by atoms with Gasteiger partial charge in [0.1, 0.15) is 0 Å². The van der Waals surface area contributed by atoms with Crippen molar-refractivity contribution in [3.8, 4) is 0 Å². The molecular weight excluding hydrogens is 212 g/mol. The van der Waals surface area contributed by atoms with Gasteiger partial charge < -0.3 is 0 Å². The van der Waals surface area contributed by atoms with E-state index in [-0.39, 0.29) is 0 Å². The standard InChI is InChI=1S/C10H6N2S2/c1-3-13-9-6-10-8(5-7(9)11-1)12-2-4-14-10/h1-6H. The van der Waals surface area contributed by atoms with Crippen LogP contribution in [0.4, 0.5) is 5.69 Å². The average molecular weight is 218 g/mol. The van der Waals surface area contributed by atoms with Gasteiger partial charge in [-0.25, -0.2) is 0 Å². The average Bonchev–Trinajstić information content (AvgIpc) is 2.26. The van der Waals surface area contributed by atoms with Crippen molar-refractivity contribution in [1.82, 2.24) is 0 Å². The van der Waals surface area contributed by atoms with E-state index in [1.807, 2.05) is 29.3 Å². The lowest BCUT2D eigenvalue weighted by Crippen LogP contribution is -2.05. The fraction of sp³-hybridized carbons (Fsp3) is 0. The number of nitrogens with zero attached hydrogens (tertiary/aromatic N) is 2. The molecule has 2 heterocycles. The Labute approximate surface area is 88.6 Å². The SMILES string of the molecule is C1=CSc2cc3c(cc2=N1)N=CC=S=3. The van der Waals surface area contributed by atoms with Gasteiger partial charge in [-0.2, -0.15) is 0 Å². The second-order valence-corrected chi connectivity index (χ2v) is 4.75. The van der Waals surface area contributed by atoms with E-state index in [4.69, 9.17) is 0 Å². The normalized spacial score (nSPS) is 16.0. The second-order valence-electron chi connectivity index (χ2n) is 2.85. The van der Waals surface area contributed by atoms with Crippen molar-refractivity contribution in [1.29, 1.82) is 0 Å². The van der Waals surface area contributed by atoms with E-state index in [0.717, 1.165) is 11.0 Å². The third-order valence-corrected chi connectivity index (χ3v) is 3.66. The minimum absolute atomic E-state index is 1.02. The Hall–Kier alpha value is -1.13. The van der Waals surface area contributed by atoms with E-state index >= 15 is 0 Å². The van der Waals surface area contributed by atoms with Crippen molar-refractivity contribution < 1.29 is 0 Å². The molecule has 2 aliphatic heterocycles.